The van der Waals surface area contributed by atoms with Crippen molar-refractivity contribution in [1.82, 2.24) is 9.29 Å². The molecule has 0 aliphatic heterocycles. The molecule has 0 bridgehead atoms. The largest absolute Gasteiger partial charge is 0.329 e. The molecule has 0 aliphatic rings. The summed E-state index contributed by atoms with van der Waals surface area (Å²) in [5.41, 5.74) is 2.00. The Kier molecular flexibility index (Phi) is 7.28. The third kappa shape index (κ3) is 6.31. The minimum Gasteiger partial charge on any atom is -0.329 e. The molecular weight excluding hydrogens is 414 g/mol. The molecule has 0 radical (unpaired) electrons. The quantitative estimate of drug-likeness (QED) is 0.548. The molecule has 8 heteroatoms. The summed E-state index contributed by atoms with van der Waals surface area (Å²) in [4.78, 5) is 27.8. The van der Waals surface area contributed by atoms with Gasteiger partial charge in [-0.3, -0.25) is 9.59 Å². The molecule has 1 amide bonds. The number of benzene rings is 2. The van der Waals surface area contributed by atoms with Gasteiger partial charge in [-0.15, -0.1) is 0 Å². The van der Waals surface area contributed by atoms with E-state index in [1.165, 1.54) is 31.2 Å². The highest BCUT2D eigenvalue weighted by atomic mass is 32.2. The number of Topliss-reactive ketones (excluding diaryl/α,β-unsaturated/α-hetero) is 1. The van der Waals surface area contributed by atoms with Crippen molar-refractivity contribution >= 4 is 21.7 Å². The van der Waals surface area contributed by atoms with Crippen LogP contribution in [-0.4, -0.2) is 31.2 Å². The molecule has 0 saturated heterocycles. The number of nitrogens with zero attached hydrogens (tertiary/aromatic N) is 2. The van der Waals surface area contributed by atoms with Crippen molar-refractivity contribution in [3.05, 3.63) is 95.6 Å². The maximum atomic E-state index is 12.4. The van der Waals surface area contributed by atoms with Gasteiger partial charge in [0.05, 0.1) is 4.90 Å². The van der Waals surface area contributed by atoms with Gasteiger partial charge in [-0.1, -0.05) is 48.5 Å². The normalized spacial score (nSPS) is 12.0. The molecular formula is C23H23N3O4S. The van der Waals surface area contributed by atoms with Crippen LogP contribution in [0.25, 0.3) is 0 Å². The first kappa shape index (κ1) is 22.3. The number of nitrogens with one attached hydrogen (secondary N) is 1. The molecule has 2 aromatic carbocycles. The van der Waals surface area contributed by atoms with Crippen LogP contribution in [0, 0.1) is 0 Å². The smallest absolute Gasteiger partial charge is 0.248 e. The van der Waals surface area contributed by atoms with E-state index in [9.17, 15) is 18.0 Å². The standard InChI is InChI=1S/C23H23N3O4S/c1-18(27)20-10-12-21(13-11-20)31(29,30)24-15-14-23(28)25-22-9-5-6-16-26(22)17-19-7-3-2-4-8-19/h2-13,16,24H,14-15,17H2,1H3. The molecule has 7 nitrogen and oxygen atoms in total. The zero-order chi connectivity index (χ0) is 22.3. The number of hydrogen-bond acceptors (Lipinski definition) is 4. The van der Waals surface area contributed by atoms with E-state index in [4.69, 9.17) is 0 Å². The molecule has 1 heterocycles. The van der Waals surface area contributed by atoms with Gasteiger partial charge in [-0.05, 0) is 36.8 Å². The molecule has 0 unspecified atom stereocenters. The molecule has 0 aliphatic carbocycles. The Morgan fingerprint density at radius 2 is 1.61 bits per heavy atom. The number of aromatic nitrogens is 1. The maximum Gasteiger partial charge on any atom is 0.248 e. The molecule has 1 aromatic heterocycles. The van der Waals surface area contributed by atoms with Gasteiger partial charge in [-0.25, -0.2) is 13.1 Å². The fourth-order valence-corrected chi connectivity index (χ4v) is 3.94. The number of ketones is 1. The van der Waals surface area contributed by atoms with Gasteiger partial charge in [0.15, 0.2) is 5.78 Å². The first-order valence-corrected chi connectivity index (χ1v) is 11.2. The summed E-state index contributed by atoms with van der Waals surface area (Å²) in [7, 11) is -3.78. The van der Waals surface area contributed by atoms with Crippen molar-refractivity contribution in [2.24, 2.45) is 4.99 Å². The number of sulfonamides is 1. The molecule has 0 saturated carbocycles. The van der Waals surface area contributed by atoms with Gasteiger partial charge in [0.25, 0.3) is 0 Å². The number of hydrogen-bond donors (Lipinski definition) is 1. The van der Waals surface area contributed by atoms with Crippen molar-refractivity contribution in [2.75, 3.05) is 6.54 Å². The van der Waals surface area contributed by atoms with E-state index in [0.29, 0.717) is 17.6 Å². The Morgan fingerprint density at radius 1 is 0.935 bits per heavy atom. The van der Waals surface area contributed by atoms with Crippen LogP contribution >= 0.6 is 0 Å². The van der Waals surface area contributed by atoms with Crippen LogP contribution in [0.4, 0.5) is 0 Å². The Bertz CT molecular complexity index is 1230. The third-order valence-electron chi connectivity index (χ3n) is 4.55. The van der Waals surface area contributed by atoms with Gasteiger partial charge in [0, 0.05) is 31.3 Å². The minimum absolute atomic E-state index is 0.0330. The van der Waals surface area contributed by atoms with Crippen LogP contribution in [0.2, 0.25) is 0 Å². The highest BCUT2D eigenvalue weighted by Crippen LogP contribution is 2.11. The van der Waals surface area contributed by atoms with Crippen molar-refractivity contribution in [1.29, 1.82) is 0 Å². The van der Waals surface area contributed by atoms with Crippen LogP contribution < -0.4 is 10.2 Å². The van der Waals surface area contributed by atoms with Crippen molar-refractivity contribution in [3.63, 3.8) is 0 Å². The highest BCUT2D eigenvalue weighted by Gasteiger charge is 2.14. The molecule has 0 atom stereocenters. The van der Waals surface area contributed by atoms with E-state index in [1.807, 2.05) is 47.2 Å². The predicted molar refractivity (Wildman–Crippen MR) is 117 cm³/mol. The molecule has 1 N–H and O–H groups in total. The fourth-order valence-electron chi connectivity index (χ4n) is 2.91. The lowest BCUT2D eigenvalue weighted by Gasteiger charge is -2.08. The molecule has 160 valence electrons. The SMILES string of the molecule is CC(=O)c1ccc(S(=O)(=O)NCCC(=O)N=c2ccccn2Cc2ccccc2)cc1. The fraction of sp³-hybridized carbons (Fsp3) is 0.174. The molecule has 3 aromatic rings. The van der Waals surface area contributed by atoms with Crippen LogP contribution in [0.5, 0.6) is 0 Å². The van der Waals surface area contributed by atoms with E-state index >= 15 is 0 Å². The van der Waals surface area contributed by atoms with Gasteiger partial charge in [0.1, 0.15) is 5.49 Å². The number of carbonyl (C=O) groups is 2. The summed E-state index contributed by atoms with van der Waals surface area (Å²) in [6, 6.07) is 20.8. The molecule has 0 spiro atoms. The van der Waals surface area contributed by atoms with Crippen molar-refractivity contribution in [3.8, 4) is 0 Å². The second-order valence-electron chi connectivity index (χ2n) is 6.91. The topological polar surface area (TPSA) is 97.6 Å². The Morgan fingerprint density at radius 3 is 2.29 bits per heavy atom. The van der Waals surface area contributed by atoms with Crippen LogP contribution in [0.1, 0.15) is 29.3 Å². The monoisotopic (exact) mass is 437 g/mol. The summed E-state index contributed by atoms with van der Waals surface area (Å²) >= 11 is 0. The molecule has 3 rings (SSSR count). The van der Waals surface area contributed by atoms with Crippen molar-refractivity contribution < 1.29 is 18.0 Å². The predicted octanol–water partition coefficient (Wildman–Crippen LogP) is 2.53. The number of pyridine rings is 1. The van der Waals surface area contributed by atoms with E-state index in [1.54, 1.807) is 12.1 Å². The zero-order valence-corrected chi connectivity index (χ0v) is 17.9. The van der Waals surface area contributed by atoms with E-state index in [-0.39, 0.29) is 23.6 Å². The van der Waals surface area contributed by atoms with E-state index in [0.717, 1.165) is 5.56 Å². The maximum absolute atomic E-state index is 12.4. The summed E-state index contributed by atoms with van der Waals surface area (Å²) < 4.78 is 29.0. The Balaban J connectivity index is 1.64. The van der Waals surface area contributed by atoms with Crippen molar-refractivity contribution in [2.45, 2.75) is 24.8 Å². The van der Waals surface area contributed by atoms with Crippen LogP contribution in [0.15, 0.2) is 88.9 Å². The highest BCUT2D eigenvalue weighted by molar-refractivity contribution is 7.89. The van der Waals surface area contributed by atoms with E-state index in [2.05, 4.69) is 9.71 Å². The van der Waals surface area contributed by atoms with Gasteiger partial charge in [0.2, 0.25) is 15.9 Å². The number of amides is 1. The van der Waals surface area contributed by atoms with Gasteiger partial charge >= 0.3 is 0 Å². The zero-order valence-electron chi connectivity index (χ0n) is 17.1. The van der Waals surface area contributed by atoms with Gasteiger partial charge in [-0.2, -0.15) is 4.99 Å². The summed E-state index contributed by atoms with van der Waals surface area (Å²) in [6.07, 6.45) is 1.76. The number of rotatable bonds is 8. The second kappa shape index (κ2) is 10.1. The summed E-state index contributed by atoms with van der Waals surface area (Å²) in [6.45, 7) is 1.90. The average molecular weight is 438 g/mol. The molecule has 31 heavy (non-hydrogen) atoms. The van der Waals surface area contributed by atoms with E-state index < -0.39 is 15.9 Å². The van der Waals surface area contributed by atoms with Gasteiger partial charge < -0.3 is 4.57 Å². The minimum atomic E-state index is -3.78. The lowest BCUT2D eigenvalue weighted by molar-refractivity contribution is -0.117. The Hall–Kier alpha value is -3.36. The second-order valence-corrected chi connectivity index (χ2v) is 8.67. The Labute approximate surface area is 181 Å². The van der Waals surface area contributed by atoms with Crippen LogP contribution in [0.3, 0.4) is 0 Å². The summed E-state index contributed by atoms with van der Waals surface area (Å²) in [5, 5.41) is 0. The lowest BCUT2D eigenvalue weighted by atomic mass is 10.2. The first-order valence-electron chi connectivity index (χ1n) is 9.73. The molecule has 0 fully saturated rings. The average Bonchev–Trinajstić information content (AvgIpc) is 2.76. The summed E-state index contributed by atoms with van der Waals surface area (Å²) in [5.74, 6) is -0.572. The lowest BCUT2D eigenvalue weighted by Crippen LogP contribution is -2.27. The van der Waals surface area contributed by atoms with Crippen LogP contribution in [-0.2, 0) is 21.4 Å². The number of carbonyl (C=O) groups excluding carboxylic acids is 2. The first-order chi connectivity index (χ1) is 14.8. The third-order valence-corrected chi connectivity index (χ3v) is 6.03.